The predicted octanol–water partition coefficient (Wildman–Crippen LogP) is 2.44. The van der Waals surface area contributed by atoms with Gasteiger partial charge in [-0.15, -0.1) is 0 Å². The van der Waals surface area contributed by atoms with Crippen molar-refractivity contribution in [1.82, 2.24) is 0 Å². The smallest absolute Gasteiger partial charge is 0.242 e. The van der Waals surface area contributed by atoms with E-state index in [4.69, 9.17) is 10.2 Å². The van der Waals surface area contributed by atoms with Gasteiger partial charge in [-0.3, -0.25) is 0 Å². The molecular weight excluding hydrogens is 178 g/mol. The molecule has 0 aromatic carbocycles. The average molecular weight is 200 g/mol. The molecule has 0 amide bonds. The molecule has 0 spiro atoms. The van der Waals surface area contributed by atoms with Crippen molar-refractivity contribution >= 4 is 0 Å². The fourth-order valence-corrected chi connectivity index (χ4v) is 0. The van der Waals surface area contributed by atoms with E-state index >= 15 is 0 Å². The zero-order valence-electron chi connectivity index (χ0n) is 9.31. The molecule has 0 rings (SSSR count). The lowest BCUT2D eigenvalue weighted by Crippen LogP contribution is -1.98. The second-order valence-electron chi connectivity index (χ2n) is 3.51. The Balaban J connectivity index is -0.000000117. The summed E-state index contributed by atoms with van der Waals surface area (Å²) in [5.74, 6) is -2.50. The van der Waals surface area contributed by atoms with Crippen LogP contribution in [0.25, 0.3) is 0 Å². The summed E-state index contributed by atoms with van der Waals surface area (Å²) in [5, 5.41) is 16.1. The fourth-order valence-electron chi connectivity index (χ4n) is 0. The molecule has 84 valence electrons. The van der Waals surface area contributed by atoms with Crippen molar-refractivity contribution in [3.8, 4) is 0 Å². The highest BCUT2D eigenvalue weighted by molar-refractivity contribution is 4.40. The lowest BCUT2D eigenvalue weighted by Gasteiger charge is -1.94. The molecule has 0 atom stereocenters. The molecule has 0 fully saturated rings. The average Bonchev–Trinajstić information content (AvgIpc) is 1.50. The first-order chi connectivity index (χ1) is 5.46. The molecule has 4 heteroatoms. The zero-order valence-corrected chi connectivity index (χ0v) is 9.31. The Labute approximate surface area is 79.6 Å². The highest BCUT2D eigenvalue weighted by Crippen LogP contribution is 2.06. The summed E-state index contributed by atoms with van der Waals surface area (Å²) in [6.07, 6.45) is -0.333. The first-order valence-electron chi connectivity index (χ1n) is 4.20. The summed E-state index contributed by atoms with van der Waals surface area (Å²) in [4.78, 5) is 0. The molecule has 0 aromatic heterocycles. The van der Waals surface area contributed by atoms with Crippen LogP contribution >= 0.6 is 0 Å². The minimum absolute atomic E-state index is 0.167. The van der Waals surface area contributed by atoms with Gasteiger partial charge in [0.2, 0.25) is 5.92 Å². The van der Waals surface area contributed by atoms with Crippen LogP contribution < -0.4 is 0 Å². The van der Waals surface area contributed by atoms with Gasteiger partial charge in [-0.1, -0.05) is 0 Å². The SMILES string of the molecule is CC(C)(F)F.CC(C)O.CC(C)O. The van der Waals surface area contributed by atoms with E-state index < -0.39 is 5.92 Å². The summed E-state index contributed by atoms with van der Waals surface area (Å²) in [5.41, 5.74) is 0. The Morgan fingerprint density at radius 3 is 0.846 bits per heavy atom. The third-order valence-corrected chi connectivity index (χ3v) is 0. The topological polar surface area (TPSA) is 40.5 Å². The molecule has 2 nitrogen and oxygen atoms in total. The van der Waals surface area contributed by atoms with Gasteiger partial charge in [-0.2, -0.15) is 0 Å². The molecule has 0 aliphatic heterocycles. The summed E-state index contributed by atoms with van der Waals surface area (Å²) >= 11 is 0. The summed E-state index contributed by atoms with van der Waals surface area (Å²) in [6.45, 7) is 8.60. The molecule has 2 N–H and O–H groups in total. The molecule has 0 unspecified atom stereocenters. The van der Waals surface area contributed by atoms with Gasteiger partial charge in [0.15, 0.2) is 0 Å². The maximum atomic E-state index is 11.0. The minimum Gasteiger partial charge on any atom is -0.394 e. The highest BCUT2D eigenvalue weighted by Gasteiger charge is 2.08. The number of hydrogen-bond donors (Lipinski definition) is 2. The van der Waals surface area contributed by atoms with Crippen LogP contribution in [0.5, 0.6) is 0 Å². The second kappa shape index (κ2) is 9.86. The normalized spacial score (nSPS) is 10.2. The number of aliphatic hydroxyl groups excluding tert-OH is 2. The lowest BCUT2D eigenvalue weighted by molar-refractivity contribution is 0.0437. The van der Waals surface area contributed by atoms with E-state index in [-0.39, 0.29) is 12.2 Å². The van der Waals surface area contributed by atoms with Crippen LogP contribution in [-0.4, -0.2) is 28.3 Å². The molecule has 0 saturated heterocycles. The van der Waals surface area contributed by atoms with Gasteiger partial charge in [-0.25, -0.2) is 8.78 Å². The first kappa shape index (κ1) is 18.5. The Bertz CT molecular complexity index is 70.6. The largest absolute Gasteiger partial charge is 0.394 e. The Kier molecular flexibility index (Phi) is 14.1. The van der Waals surface area contributed by atoms with Crippen LogP contribution in [0.4, 0.5) is 8.78 Å². The van der Waals surface area contributed by atoms with E-state index in [1.54, 1.807) is 27.7 Å². The Hall–Kier alpha value is -0.220. The molecule has 0 aliphatic carbocycles. The van der Waals surface area contributed by atoms with Crippen LogP contribution in [-0.2, 0) is 0 Å². The maximum Gasteiger partial charge on any atom is 0.242 e. The van der Waals surface area contributed by atoms with Gasteiger partial charge in [-0.05, 0) is 41.5 Å². The molecular formula is C9H22F2O2. The van der Waals surface area contributed by atoms with Crippen molar-refractivity contribution in [1.29, 1.82) is 0 Å². The maximum absolute atomic E-state index is 11.0. The quantitative estimate of drug-likeness (QED) is 0.630. The Morgan fingerprint density at radius 2 is 0.846 bits per heavy atom. The molecule has 0 heterocycles. The zero-order chi connectivity index (χ0) is 11.7. The third-order valence-electron chi connectivity index (χ3n) is 0. The number of rotatable bonds is 0. The van der Waals surface area contributed by atoms with Crippen molar-refractivity contribution < 1.29 is 19.0 Å². The van der Waals surface area contributed by atoms with E-state index in [9.17, 15) is 8.78 Å². The second-order valence-corrected chi connectivity index (χ2v) is 3.51. The van der Waals surface area contributed by atoms with Gasteiger partial charge < -0.3 is 10.2 Å². The lowest BCUT2D eigenvalue weighted by atomic mass is 10.5. The van der Waals surface area contributed by atoms with Crippen molar-refractivity contribution in [2.24, 2.45) is 0 Å². The van der Waals surface area contributed by atoms with E-state index in [2.05, 4.69) is 0 Å². The number of halogens is 2. The predicted molar refractivity (Wildman–Crippen MR) is 51.0 cm³/mol. The van der Waals surface area contributed by atoms with Crippen LogP contribution in [0.2, 0.25) is 0 Å². The standard InChI is InChI=1S/C3H6F2.2C3H8O/c1-3(2,4)5;2*1-3(2)4/h1-2H3;2*3-4H,1-2H3. The fraction of sp³-hybridized carbons (Fsp3) is 1.00. The Morgan fingerprint density at radius 1 is 0.846 bits per heavy atom. The van der Waals surface area contributed by atoms with Gasteiger partial charge in [0.05, 0.1) is 0 Å². The van der Waals surface area contributed by atoms with E-state index in [0.717, 1.165) is 13.8 Å². The molecule has 0 saturated carbocycles. The van der Waals surface area contributed by atoms with Gasteiger partial charge in [0.25, 0.3) is 0 Å². The number of hydrogen-bond acceptors (Lipinski definition) is 2. The monoisotopic (exact) mass is 200 g/mol. The van der Waals surface area contributed by atoms with Crippen LogP contribution in [0.3, 0.4) is 0 Å². The van der Waals surface area contributed by atoms with Gasteiger partial charge in [0.1, 0.15) is 0 Å². The minimum atomic E-state index is -2.50. The van der Waals surface area contributed by atoms with E-state index in [1.807, 2.05) is 0 Å². The van der Waals surface area contributed by atoms with Crippen LogP contribution in [0.1, 0.15) is 41.5 Å². The van der Waals surface area contributed by atoms with Crippen molar-refractivity contribution in [2.75, 3.05) is 0 Å². The summed E-state index contributed by atoms with van der Waals surface area (Å²) in [6, 6.07) is 0. The van der Waals surface area contributed by atoms with Crippen LogP contribution in [0.15, 0.2) is 0 Å². The van der Waals surface area contributed by atoms with E-state index in [0.29, 0.717) is 0 Å². The number of aliphatic hydroxyl groups is 2. The molecule has 0 aromatic rings. The van der Waals surface area contributed by atoms with Crippen molar-refractivity contribution in [2.45, 2.75) is 59.7 Å². The molecule has 0 radical (unpaired) electrons. The van der Waals surface area contributed by atoms with Crippen LogP contribution in [0, 0.1) is 0 Å². The van der Waals surface area contributed by atoms with Crippen molar-refractivity contribution in [3.63, 3.8) is 0 Å². The summed E-state index contributed by atoms with van der Waals surface area (Å²) < 4.78 is 22.0. The number of alkyl halides is 2. The van der Waals surface area contributed by atoms with Gasteiger partial charge in [0, 0.05) is 12.2 Å². The van der Waals surface area contributed by atoms with E-state index in [1.165, 1.54) is 0 Å². The van der Waals surface area contributed by atoms with Gasteiger partial charge >= 0.3 is 0 Å². The molecule has 0 bridgehead atoms. The van der Waals surface area contributed by atoms with Crippen molar-refractivity contribution in [3.05, 3.63) is 0 Å². The summed E-state index contributed by atoms with van der Waals surface area (Å²) in [7, 11) is 0. The molecule has 0 aliphatic rings. The first-order valence-corrected chi connectivity index (χ1v) is 4.20. The highest BCUT2D eigenvalue weighted by atomic mass is 19.3. The third kappa shape index (κ3) is 23300. The molecule has 13 heavy (non-hydrogen) atoms.